The first-order valence-electron chi connectivity index (χ1n) is 9.75. The van der Waals surface area contributed by atoms with Gasteiger partial charge in [-0.25, -0.2) is 8.42 Å². The number of carbonyl (C=O) groups excluding carboxylic acids is 1. The molecule has 7 heteroatoms. The van der Waals surface area contributed by atoms with Gasteiger partial charge in [0, 0.05) is 5.54 Å². The lowest BCUT2D eigenvalue weighted by molar-refractivity contribution is 0.0920. The molecule has 6 nitrogen and oxygen atoms in total. The number of anilines is 1. The number of para-hydroxylation sites is 1. The average Bonchev–Trinajstić information content (AvgIpc) is 2.65. The monoisotopic (exact) mass is 416 g/mol. The molecular formula is C22H28N2O4S. The Balaban J connectivity index is 1.98. The van der Waals surface area contributed by atoms with Crippen LogP contribution in [0.15, 0.2) is 41.3 Å². The summed E-state index contributed by atoms with van der Waals surface area (Å²) in [6.07, 6.45) is 3.92. The largest absolute Gasteiger partial charge is 0.495 e. The molecule has 2 aromatic carbocycles. The first kappa shape index (κ1) is 21.2. The van der Waals surface area contributed by atoms with Gasteiger partial charge in [0.25, 0.3) is 15.9 Å². The van der Waals surface area contributed by atoms with Crippen LogP contribution in [0, 0.1) is 0 Å². The molecule has 0 atom stereocenters. The molecule has 2 N–H and O–H groups in total. The van der Waals surface area contributed by atoms with Gasteiger partial charge in [-0.15, -0.1) is 0 Å². The van der Waals surface area contributed by atoms with Crippen molar-refractivity contribution >= 4 is 21.6 Å². The van der Waals surface area contributed by atoms with Gasteiger partial charge >= 0.3 is 0 Å². The lowest BCUT2D eigenvalue weighted by Gasteiger charge is -2.22. The fourth-order valence-corrected chi connectivity index (χ4v) is 4.77. The van der Waals surface area contributed by atoms with E-state index in [0.29, 0.717) is 5.75 Å². The molecule has 0 aromatic heterocycles. The van der Waals surface area contributed by atoms with Crippen LogP contribution >= 0.6 is 0 Å². The maximum absolute atomic E-state index is 13.2. The molecule has 3 rings (SSSR count). The number of aryl methyl sites for hydroxylation is 2. The zero-order valence-corrected chi connectivity index (χ0v) is 18.2. The Morgan fingerprint density at radius 2 is 1.66 bits per heavy atom. The molecule has 0 aliphatic heterocycles. The summed E-state index contributed by atoms with van der Waals surface area (Å²) in [5, 5.41) is 2.87. The van der Waals surface area contributed by atoms with E-state index in [0.717, 1.165) is 36.8 Å². The fourth-order valence-electron chi connectivity index (χ4n) is 3.49. The molecule has 0 heterocycles. The first-order chi connectivity index (χ1) is 13.6. The van der Waals surface area contributed by atoms with E-state index in [4.69, 9.17) is 4.74 Å². The second-order valence-corrected chi connectivity index (χ2v) is 9.98. The van der Waals surface area contributed by atoms with Crippen molar-refractivity contribution in [2.45, 2.75) is 56.9 Å². The third-order valence-corrected chi connectivity index (χ3v) is 6.21. The molecule has 1 amide bonds. The Bertz CT molecular complexity index is 1020. The van der Waals surface area contributed by atoms with Crippen LogP contribution in [-0.2, 0) is 22.9 Å². The Hall–Kier alpha value is -2.54. The molecule has 0 bridgehead atoms. The Morgan fingerprint density at radius 3 is 2.28 bits per heavy atom. The van der Waals surface area contributed by atoms with Gasteiger partial charge in [0.1, 0.15) is 10.6 Å². The topological polar surface area (TPSA) is 84.5 Å². The number of rotatable bonds is 5. The van der Waals surface area contributed by atoms with Gasteiger partial charge in [-0.2, -0.15) is 0 Å². The van der Waals surface area contributed by atoms with Crippen LogP contribution in [0.5, 0.6) is 5.75 Å². The van der Waals surface area contributed by atoms with Crippen molar-refractivity contribution in [3.8, 4) is 5.75 Å². The smallest absolute Gasteiger partial charge is 0.265 e. The summed E-state index contributed by atoms with van der Waals surface area (Å²) in [5.74, 6) is -0.0250. The van der Waals surface area contributed by atoms with Gasteiger partial charge in [-0.3, -0.25) is 9.52 Å². The lowest BCUT2D eigenvalue weighted by atomic mass is 9.92. The quantitative estimate of drug-likeness (QED) is 0.774. The highest BCUT2D eigenvalue weighted by molar-refractivity contribution is 7.92. The van der Waals surface area contributed by atoms with E-state index < -0.39 is 15.6 Å². The van der Waals surface area contributed by atoms with E-state index in [1.807, 2.05) is 26.8 Å². The summed E-state index contributed by atoms with van der Waals surface area (Å²) in [7, 11) is -2.48. The minimum absolute atomic E-state index is 0.0895. The predicted octanol–water partition coefficient (Wildman–Crippen LogP) is 3.90. The van der Waals surface area contributed by atoms with Crippen LogP contribution in [0.1, 0.15) is 55.1 Å². The lowest BCUT2D eigenvalue weighted by Crippen LogP contribution is -2.40. The van der Waals surface area contributed by atoms with Crippen molar-refractivity contribution in [2.75, 3.05) is 11.8 Å². The molecule has 0 saturated heterocycles. The van der Waals surface area contributed by atoms with E-state index in [1.54, 1.807) is 30.3 Å². The van der Waals surface area contributed by atoms with Crippen molar-refractivity contribution in [2.24, 2.45) is 0 Å². The zero-order valence-electron chi connectivity index (χ0n) is 17.3. The summed E-state index contributed by atoms with van der Waals surface area (Å²) in [5.41, 5.74) is 2.23. The molecule has 156 valence electrons. The minimum Gasteiger partial charge on any atom is -0.495 e. The molecule has 2 aromatic rings. The minimum atomic E-state index is -3.94. The summed E-state index contributed by atoms with van der Waals surface area (Å²) in [4.78, 5) is 12.7. The summed E-state index contributed by atoms with van der Waals surface area (Å²) in [6, 6.07) is 10.1. The number of nitrogens with one attached hydrogen (secondary N) is 2. The standard InChI is InChI=1S/C22H28N2O4S/c1-22(2,3)23-21(25)17-11-7-8-12-18(17)24-29(26,27)20-14-16-10-6-5-9-15(16)13-19(20)28-4/h7-8,11-14,24H,5-6,9-10H2,1-4H3,(H,23,25). The van der Waals surface area contributed by atoms with E-state index in [1.165, 1.54) is 7.11 Å². The van der Waals surface area contributed by atoms with E-state index in [-0.39, 0.29) is 22.1 Å². The number of benzene rings is 2. The number of hydrogen-bond donors (Lipinski definition) is 2. The Labute approximate surface area is 172 Å². The van der Waals surface area contributed by atoms with Gasteiger partial charge in [-0.05, 0) is 81.8 Å². The van der Waals surface area contributed by atoms with Gasteiger partial charge < -0.3 is 10.1 Å². The molecule has 1 aliphatic carbocycles. The van der Waals surface area contributed by atoms with E-state index in [9.17, 15) is 13.2 Å². The number of sulfonamides is 1. The van der Waals surface area contributed by atoms with Crippen LogP contribution in [-0.4, -0.2) is 27.0 Å². The number of amides is 1. The second-order valence-electron chi connectivity index (χ2n) is 8.33. The van der Waals surface area contributed by atoms with Crippen LogP contribution in [0.3, 0.4) is 0 Å². The molecule has 0 unspecified atom stereocenters. The number of methoxy groups -OCH3 is 1. The maximum Gasteiger partial charge on any atom is 0.265 e. The third kappa shape index (κ3) is 4.90. The first-order valence-corrected chi connectivity index (χ1v) is 11.2. The molecule has 1 aliphatic rings. The molecule has 0 radical (unpaired) electrons. The zero-order chi connectivity index (χ0) is 21.2. The Morgan fingerprint density at radius 1 is 1.03 bits per heavy atom. The van der Waals surface area contributed by atoms with Crippen molar-refractivity contribution in [1.82, 2.24) is 5.32 Å². The highest BCUT2D eigenvalue weighted by Crippen LogP contribution is 2.33. The highest BCUT2D eigenvalue weighted by atomic mass is 32.2. The molecule has 29 heavy (non-hydrogen) atoms. The van der Waals surface area contributed by atoms with Crippen molar-refractivity contribution < 1.29 is 17.9 Å². The molecular weight excluding hydrogens is 388 g/mol. The van der Waals surface area contributed by atoms with Gasteiger partial charge in [0.05, 0.1) is 18.4 Å². The van der Waals surface area contributed by atoms with Crippen LogP contribution in [0.4, 0.5) is 5.69 Å². The Kier molecular flexibility index (Phi) is 5.89. The van der Waals surface area contributed by atoms with Crippen molar-refractivity contribution in [3.05, 3.63) is 53.1 Å². The summed E-state index contributed by atoms with van der Waals surface area (Å²) < 4.78 is 34.4. The number of ether oxygens (including phenoxy) is 1. The number of carbonyl (C=O) groups is 1. The SMILES string of the molecule is COc1cc2c(cc1S(=O)(=O)Nc1ccccc1C(=O)NC(C)(C)C)CCCC2. The van der Waals surface area contributed by atoms with Crippen LogP contribution < -0.4 is 14.8 Å². The van der Waals surface area contributed by atoms with Crippen LogP contribution in [0.2, 0.25) is 0 Å². The average molecular weight is 417 g/mol. The van der Waals surface area contributed by atoms with E-state index >= 15 is 0 Å². The predicted molar refractivity (Wildman–Crippen MR) is 114 cm³/mol. The second kappa shape index (κ2) is 8.06. The number of fused-ring (bicyclic) bond motifs is 1. The van der Waals surface area contributed by atoms with Crippen LogP contribution in [0.25, 0.3) is 0 Å². The third-order valence-electron chi connectivity index (χ3n) is 4.82. The molecule has 0 fully saturated rings. The van der Waals surface area contributed by atoms with Crippen molar-refractivity contribution in [1.29, 1.82) is 0 Å². The van der Waals surface area contributed by atoms with Gasteiger partial charge in [0.15, 0.2) is 0 Å². The molecule has 0 saturated carbocycles. The highest BCUT2D eigenvalue weighted by Gasteiger charge is 2.25. The fraction of sp³-hybridized carbons (Fsp3) is 0.409. The normalized spacial score (nSPS) is 14.1. The summed E-state index contributed by atoms with van der Waals surface area (Å²) in [6.45, 7) is 5.61. The van der Waals surface area contributed by atoms with Crippen molar-refractivity contribution in [3.63, 3.8) is 0 Å². The van der Waals surface area contributed by atoms with Gasteiger partial charge in [0.2, 0.25) is 0 Å². The molecule has 0 spiro atoms. The number of hydrogen-bond acceptors (Lipinski definition) is 4. The maximum atomic E-state index is 13.2. The summed E-state index contributed by atoms with van der Waals surface area (Å²) >= 11 is 0. The van der Waals surface area contributed by atoms with E-state index in [2.05, 4.69) is 10.0 Å². The van der Waals surface area contributed by atoms with Gasteiger partial charge in [-0.1, -0.05) is 12.1 Å².